The standard InChI is InChI=1S/C10H17N3O/c1-7-3-4-8(5-7)10(14)9-6-11-12-13(9)2/h6-8,10,14H,3-5H2,1-2H3. The van der Waals surface area contributed by atoms with E-state index in [-0.39, 0.29) is 6.10 Å². The summed E-state index contributed by atoms with van der Waals surface area (Å²) in [5.74, 6) is 1.14. The van der Waals surface area contributed by atoms with Crippen molar-refractivity contribution < 1.29 is 5.11 Å². The van der Waals surface area contributed by atoms with Gasteiger partial charge in [0.05, 0.1) is 11.9 Å². The third kappa shape index (κ3) is 1.66. The Morgan fingerprint density at radius 1 is 1.57 bits per heavy atom. The number of nitrogens with zero attached hydrogens (tertiary/aromatic N) is 3. The Labute approximate surface area is 83.9 Å². The zero-order valence-electron chi connectivity index (χ0n) is 8.72. The minimum Gasteiger partial charge on any atom is -0.386 e. The van der Waals surface area contributed by atoms with E-state index < -0.39 is 0 Å². The second-order valence-electron chi connectivity index (χ2n) is 4.41. The normalized spacial score (nSPS) is 29.4. The van der Waals surface area contributed by atoms with Gasteiger partial charge in [-0.3, -0.25) is 0 Å². The number of hydrogen-bond donors (Lipinski definition) is 1. The van der Waals surface area contributed by atoms with Gasteiger partial charge in [0.1, 0.15) is 6.10 Å². The van der Waals surface area contributed by atoms with E-state index in [1.54, 1.807) is 10.9 Å². The van der Waals surface area contributed by atoms with E-state index in [0.717, 1.165) is 24.5 Å². The van der Waals surface area contributed by atoms with E-state index in [4.69, 9.17) is 0 Å². The average Bonchev–Trinajstić information content (AvgIpc) is 2.73. The minimum atomic E-state index is -0.389. The van der Waals surface area contributed by atoms with Crippen LogP contribution >= 0.6 is 0 Å². The molecule has 0 bridgehead atoms. The molecule has 78 valence electrons. The van der Waals surface area contributed by atoms with Crippen LogP contribution in [-0.4, -0.2) is 20.1 Å². The van der Waals surface area contributed by atoms with Crippen LogP contribution in [-0.2, 0) is 7.05 Å². The average molecular weight is 195 g/mol. The Balaban J connectivity index is 2.09. The molecular weight excluding hydrogens is 178 g/mol. The molecule has 1 heterocycles. The van der Waals surface area contributed by atoms with Crippen molar-refractivity contribution >= 4 is 0 Å². The van der Waals surface area contributed by atoms with Gasteiger partial charge in [-0.05, 0) is 24.7 Å². The number of rotatable bonds is 2. The molecule has 1 aromatic rings. The van der Waals surface area contributed by atoms with Crippen LogP contribution in [0.1, 0.15) is 38.0 Å². The van der Waals surface area contributed by atoms with Gasteiger partial charge in [0.2, 0.25) is 0 Å². The lowest BCUT2D eigenvalue weighted by Crippen LogP contribution is -2.13. The van der Waals surface area contributed by atoms with Gasteiger partial charge < -0.3 is 5.11 Å². The van der Waals surface area contributed by atoms with E-state index in [9.17, 15) is 5.11 Å². The fourth-order valence-electron chi connectivity index (χ4n) is 2.34. The zero-order chi connectivity index (χ0) is 10.1. The maximum Gasteiger partial charge on any atom is 0.100 e. The van der Waals surface area contributed by atoms with E-state index in [1.807, 2.05) is 7.05 Å². The molecule has 0 radical (unpaired) electrons. The van der Waals surface area contributed by atoms with E-state index in [1.165, 1.54) is 6.42 Å². The molecule has 3 unspecified atom stereocenters. The molecular formula is C10H17N3O. The number of aryl methyl sites for hydroxylation is 1. The van der Waals surface area contributed by atoms with Crippen LogP contribution < -0.4 is 0 Å². The van der Waals surface area contributed by atoms with Crippen LogP contribution in [0.25, 0.3) is 0 Å². The number of aromatic nitrogens is 3. The van der Waals surface area contributed by atoms with Crippen molar-refractivity contribution in [3.8, 4) is 0 Å². The molecule has 1 fully saturated rings. The lowest BCUT2D eigenvalue weighted by molar-refractivity contribution is 0.101. The van der Waals surface area contributed by atoms with Gasteiger partial charge in [0.25, 0.3) is 0 Å². The molecule has 3 atom stereocenters. The first-order chi connectivity index (χ1) is 6.68. The highest BCUT2D eigenvalue weighted by atomic mass is 16.3. The number of aliphatic hydroxyl groups excluding tert-OH is 1. The van der Waals surface area contributed by atoms with Gasteiger partial charge in [0, 0.05) is 7.05 Å². The molecule has 1 aromatic heterocycles. The maximum atomic E-state index is 10.1. The monoisotopic (exact) mass is 195 g/mol. The SMILES string of the molecule is CC1CCC(C(O)c2cnnn2C)C1. The second kappa shape index (κ2) is 3.69. The summed E-state index contributed by atoms with van der Waals surface area (Å²) in [5.41, 5.74) is 0.837. The highest BCUT2D eigenvalue weighted by Gasteiger charge is 2.30. The van der Waals surface area contributed by atoms with E-state index in [0.29, 0.717) is 5.92 Å². The molecule has 0 amide bonds. The summed E-state index contributed by atoms with van der Waals surface area (Å²) in [7, 11) is 1.82. The van der Waals surface area contributed by atoms with Gasteiger partial charge in [-0.2, -0.15) is 0 Å². The Hall–Kier alpha value is -0.900. The Bertz CT molecular complexity index is 310. The van der Waals surface area contributed by atoms with Gasteiger partial charge in [-0.25, -0.2) is 4.68 Å². The molecule has 1 aliphatic carbocycles. The Morgan fingerprint density at radius 3 is 2.86 bits per heavy atom. The quantitative estimate of drug-likeness (QED) is 0.773. The van der Waals surface area contributed by atoms with Crippen molar-refractivity contribution in [2.45, 2.75) is 32.3 Å². The van der Waals surface area contributed by atoms with Gasteiger partial charge in [0.15, 0.2) is 0 Å². The molecule has 0 aliphatic heterocycles. The molecule has 0 spiro atoms. The lowest BCUT2D eigenvalue weighted by atomic mass is 9.97. The van der Waals surface area contributed by atoms with Crippen molar-refractivity contribution in [1.82, 2.24) is 15.0 Å². The summed E-state index contributed by atoms with van der Waals surface area (Å²) in [6, 6.07) is 0. The highest BCUT2D eigenvalue weighted by Crippen LogP contribution is 2.38. The molecule has 1 saturated carbocycles. The zero-order valence-corrected chi connectivity index (χ0v) is 8.72. The van der Waals surface area contributed by atoms with Crippen LogP contribution in [0.3, 0.4) is 0 Å². The fraction of sp³-hybridized carbons (Fsp3) is 0.800. The molecule has 4 nitrogen and oxygen atoms in total. The third-order valence-corrected chi connectivity index (χ3v) is 3.23. The minimum absolute atomic E-state index is 0.389. The van der Waals surface area contributed by atoms with E-state index >= 15 is 0 Å². The van der Waals surface area contributed by atoms with Crippen LogP contribution in [0.2, 0.25) is 0 Å². The molecule has 4 heteroatoms. The maximum absolute atomic E-state index is 10.1. The number of aliphatic hydroxyl groups is 1. The third-order valence-electron chi connectivity index (χ3n) is 3.23. The van der Waals surface area contributed by atoms with Crippen molar-refractivity contribution in [2.75, 3.05) is 0 Å². The molecule has 1 aliphatic rings. The van der Waals surface area contributed by atoms with Crippen LogP contribution in [0, 0.1) is 11.8 Å². The summed E-state index contributed by atoms with van der Waals surface area (Å²) < 4.78 is 1.66. The molecule has 14 heavy (non-hydrogen) atoms. The molecule has 0 aromatic carbocycles. The summed E-state index contributed by atoms with van der Waals surface area (Å²) >= 11 is 0. The van der Waals surface area contributed by atoms with E-state index in [2.05, 4.69) is 17.2 Å². The van der Waals surface area contributed by atoms with Gasteiger partial charge in [-0.15, -0.1) is 5.10 Å². The van der Waals surface area contributed by atoms with Crippen molar-refractivity contribution in [2.24, 2.45) is 18.9 Å². The van der Waals surface area contributed by atoms with Gasteiger partial charge >= 0.3 is 0 Å². The predicted molar refractivity (Wildman–Crippen MR) is 52.5 cm³/mol. The lowest BCUT2D eigenvalue weighted by Gasteiger charge is -2.17. The smallest absolute Gasteiger partial charge is 0.100 e. The molecule has 2 rings (SSSR count). The summed E-state index contributed by atoms with van der Waals surface area (Å²) in [6.45, 7) is 2.24. The Morgan fingerprint density at radius 2 is 2.36 bits per heavy atom. The topological polar surface area (TPSA) is 50.9 Å². The summed E-state index contributed by atoms with van der Waals surface area (Å²) in [6.07, 6.45) is 4.74. The molecule has 1 N–H and O–H groups in total. The predicted octanol–water partition coefficient (Wildman–Crippen LogP) is 1.28. The highest BCUT2D eigenvalue weighted by molar-refractivity contribution is 5.01. The van der Waals surface area contributed by atoms with Crippen molar-refractivity contribution in [3.63, 3.8) is 0 Å². The first kappa shape index (κ1) is 9.65. The van der Waals surface area contributed by atoms with Crippen LogP contribution in [0.4, 0.5) is 0 Å². The van der Waals surface area contributed by atoms with Crippen LogP contribution in [0.5, 0.6) is 0 Å². The van der Waals surface area contributed by atoms with Crippen molar-refractivity contribution in [1.29, 1.82) is 0 Å². The van der Waals surface area contributed by atoms with Gasteiger partial charge in [-0.1, -0.05) is 18.6 Å². The van der Waals surface area contributed by atoms with Crippen LogP contribution in [0.15, 0.2) is 6.20 Å². The first-order valence-corrected chi connectivity index (χ1v) is 5.21. The molecule has 0 saturated heterocycles. The summed E-state index contributed by atoms with van der Waals surface area (Å²) in [5, 5.41) is 17.7. The largest absolute Gasteiger partial charge is 0.386 e. The second-order valence-corrected chi connectivity index (χ2v) is 4.41. The van der Waals surface area contributed by atoms with Crippen molar-refractivity contribution in [3.05, 3.63) is 11.9 Å². The first-order valence-electron chi connectivity index (χ1n) is 5.21. The summed E-state index contributed by atoms with van der Waals surface area (Å²) in [4.78, 5) is 0. The Kier molecular flexibility index (Phi) is 2.54. The fourth-order valence-corrected chi connectivity index (χ4v) is 2.34. The number of hydrogen-bond acceptors (Lipinski definition) is 3.